The van der Waals surface area contributed by atoms with Gasteiger partial charge in [-0.05, 0) is 54.3 Å². The monoisotopic (exact) mass is 569 g/mol. The van der Waals surface area contributed by atoms with Crippen molar-refractivity contribution >= 4 is 27.5 Å². The van der Waals surface area contributed by atoms with Crippen LogP contribution in [0.1, 0.15) is 32.8 Å². The van der Waals surface area contributed by atoms with E-state index in [1.807, 2.05) is 13.8 Å². The maximum Gasteiger partial charge on any atom is 0.264 e. The standard InChI is InChI=1S/C30H36FN3O5S/c1-5-26(30(36)32-19-22(2)3)33(20-23-15-17-24(31)18-16-23)29(35)21-34(27-13-9-10-14-28(27)39-4)40(37,38)25-11-7-6-8-12-25/h6-18,22,26H,5,19-21H2,1-4H3,(H,32,36)/t26-/m1/s1. The molecule has 0 unspecified atom stereocenters. The largest absolute Gasteiger partial charge is 0.495 e. The van der Waals surface area contributed by atoms with Crippen molar-refractivity contribution in [2.24, 2.45) is 5.92 Å². The summed E-state index contributed by atoms with van der Waals surface area (Å²) in [4.78, 5) is 28.6. The van der Waals surface area contributed by atoms with E-state index in [0.29, 0.717) is 12.1 Å². The summed E-state index contributed by atoms with van der Waals surface area (Å²) in [5.74, 6) is -0.913. The van der Waals surface area contributed by atoms with Crippen LogP contribution < -0.4 is 14.4 Å². The van der Waals surface area contributed by atoms with Crippen LogP contribution >= 0.6 is 0 Å². The number of halogens is 1. The topological polar surface area (TPSA) is 96.0 Å². The van der Waals surface area contributed by atoms with Gasteiger partial charge in [0.05, 0.1) is 17.7 Å². The SMILES string of the molecule is CC[C@H](C(=O)NCC(C)C)N(Cc1ccc(F)cc1)C(=O)CN(c1ccccc1OC)S(=O)(=O)c1ccccc1. The molecule has 8 nitrogen and oxygen atoms in total. The van der Waals surface area contributed by atoms with Gasteiger partial charge in [-0.1, -0.05) is 63.2 Å². The molecule has 0 aliphatic rings. The van der Waals surface area contributed by atoms with Gasteiger partial charge in [-0.2, -0.15) is 0 Å². The molecule has 0 fully saturated rings. The van der Waals surface area contributed by atoms with Crippen molar-refractivity contribution in [2.75, 3.05) is 24.5 Å². The molecule has 3 aromatic rings. The number of sulfonamides is 1. The number of hydrogen-bond acceptors (Lipinski definition) is 5. The fraction of sp³-hybridized carbons (Fsp3) is 0.333. The minimum Gasteiger partial charge on any atom is -0.495 e. The zero-order chi connectivity index (χ0) is 29.3. The minimum atomic E-state index is -4.21. The molecule has 0 spiro atoms. The predicted molar refractivity (Wildman–Crippen MR) is 153 cm³/mol. The Balaban J connectivity index is 2.06. The van der Waals surface area contributed by atoms with Crippen LogP contribution in [0.3, 0.4) is 0 Å². The Bertz CT molecular complexity index is 1380. The maximum absolute atomic E-state index is 14.0. The van der Waals surface area contributed by atoms with Crippen molar-refractivity contribution in [3.63, 3.8) is 0 Å². The number of anilines is 1. The molecule has 40 heavy (non-hydrogen) atoms. The van der Waals surface area contributed by atoms with Gasteiger partial charge in [0.15, 0.2) is 0 Å². The average molecular weight is 570 g/mol. The lowest BCUT2D eigenvalue weighted by atomic mass is 10.1. The smallest absolute Gasteiger partial charge is 0.264 e. The number of carbonyl (C=O) groups is 2. The Morgan fingerprint density at radius 2 is 1.57 bits per heavy atom. The predicted octanol–water partition coefficient (Wildman–Crippen LogP) is 4.61. The van der Waals surface area contributed by atoms with E-state index in [9.17, 15) is 22.4 Å². The zero-order valence-electron chi connectivity index (χ0n) is 23.2. The first-order valence-electron chi connectivity index (χ1n) is 13.1. The fourth-order valence-corrected chi connectivity index (χ4v) is 5.64. The molecular weight excluding hydrogens is 533 g/mol. The number of methoxy groups -OCH3 is 1. The first kappa shape index (κ1) is 30.6. The summed E-state index contributed by atoms with van der Waals surface area (Å²) in [6, 6.07) is 19.1. The second-order valence-corrected chi connectivity index (χ2v) is 11.6. The van der Waals surface area contributed by atoms with Gasteiger partial charge < -0.3 is 15.0 Å². The summed E-state index contributed by atoms with van der Waals surface area (Å²) in [6.45, 7) is 5.52. The van der Waals surface area contributed by atoms with Crippen LogP contribution in [0.2, 0.25) is 0 Å². The van der Waals surface area contributed by atoms with Gasteiger partial charge in [0.25, 0.3) is 10.0 Å². The summed E-state index contributed by atoms with van der Waals surface area (Å²) < 4.78 is 47.8. The molecule has 0 saturated heterocycles. The zero-order valence-corrected chi connectivity index (χ0v) is 24.0. The van der Waals surface area contributed by atoms with E-state index >= 15 is 0 Å². The number of rotatable bonds is 13. The van der Waals surface area contributed by atoms with Gasteiger partial charge in [0.2, 0.25) is 11.8 Å². The quantitative estimate of drug-likeness (QED) is 0.324. The molecule has 0 heterocycles. The molecule has 3 aromatic carbocycles. The summed E-state index contributed by atoms with van der Waals surface area (Å²) in [7, 11) is -2.79. The van der Waals surface area contributed by atoms with Gasteiger partial charge in [0, 0.05) is 13.1 Å². The van der Waals surface area contributed by atoms with Crippen LogP contribution in [0.5, 0.6) is 5.75 Å². The van der Waals surface area contributed by atoms with Crippen molar-refractivity contribution < 1.29 is 27.1 Å². The van der Waals surface area contributed by atoms with Crippen LogP contribution in [-0.2, 0) is 26.2 Å². The molecule has 0 aliphatic heterocycles. The minimum absolute atomic E-state index is 0.000471. The third-order valence-electron chi connectivity index (χ3n) is 6.30. The van der Waals surface area contributed by atoms with Crippen LogP contribution in [0.4, 0.5) is 10.1 Å². The highest BCUT2D eigenvalue weighted by Gasteiger charge is 2.34. The van der Waals surface area contributed by atoms with Crippen molar-refractivity contribution in [3.05, 3.63) is 90.2 Å². The second kappa shape index (κ2) is 13.9. The molecule has 1 N–H and O–H groups in total. The highest BCUT2D eigenvalue weighted by Crippen LogP contribution is 2.32. The third kappa shape index (κ3) is 7.59. The van der Waals surface area contributed by atoms with Gasteiger partial charge in [-0.15, -0.1) is 0 Å². The summed E-state index contributed by atoms with van der Waals surface area (Å²) in [6.07, 6.45) is 0.289. The highest BCUT2D eigenvalue weighted by molar-refractivity contribution is 7.92. The fourth-order valence-electron chi connectivity index (χ4n) is 4.20. The van der Waals surface area contributed by atoms with Crippen molar-refractivity contribution in [1.29, 1.82) is 0 Å². The van der Waals surface area contributed by atoms with E-state index in [1.54, 1.807) is 49.4 Å². The number of hydrogen-bond donors (Lipinski definition) is 1. The van der Waals surface area contributed by atoms with E-state index < -0.39 is 34.3 Å². The van der Waals surface area contributed by atoms with E-state index in [4.69, 9.17) is 4.74 Å². The van der Waals surface area contributed by atoms with Gasteiger partial charge in [-0.3, -0.25) is 13.9 Å². The van der Waals surface area contributed by atoms with Gasteiger partial charge in [0.1, 0.15) is 24.2 Å². The molecule has 0 aromatic heterocycles. The summed E-state index contributed by atoms with van der Waals surface area (Å²) in [5, 5.41) is 2.88. The lowest BCUT2D eigenvalue weighted by Crippen LogP contribution is -2.52. The molecule has 1 atom stereocenters. The average Bonchev–Trinajstić information content (AvgIpc) is 2.95. The maximum atomic E-state index is 14.0. The van der Waals surface area contributed by atoms with E-state index in [0.717, 1.165) is 4.31 Å². The first-order chi connectivity index (χ1) is 19.1. The molecule has 0 radical (unpaired) electrons. The number of carbonyl (C=O) groups excluding carboxylic acids is 2. The molecule has 0 saturated carbocycles. The first-order valence-corrected chi connectivity index (χ1v) is 14.5. The van der Waals surface area contributed by atoms with E-state index in [2.05, 4.69) is 5.32 Å². The number of ether oxygens (including phenoxy) is 1. The third-order valence-corrected chi connectivity index (χ3v) is 8.07. The van der Waals surface area contributed by atoms with Gasteiger partial charge >= 0.3 is 0 Å². The lowest BCUT2D eigenvalue weighted by molar-refractivity contribution is -0.140. The highest BCUT2D eigenvalue weighted by atomic mass is 32.2. The van der Waals surface area contributed by atoms with E-state index in [-0.39, 0.29) is 41.1 Å². The Labute approximate surface area is 235 Å². The van der Waals surface area contributed by atoms with E-state index in [1.165, 1.54) is 48.4 Å². The Hall–Kier alpha value is -3.92. The van der Waals surface area contributed by atoms with Crippen molar-refractivity contribution in [1.82, 2.24) is 10.2 Å². The van der Waals surface area contributed by atoms with Crippen LogP contribution in [0, 0.1) is 11.7 Å². The number of para-hydroxylation sites is 2. The molecule has 0 bridgehead atoms. The molecule has 214 valence electrons. The van der Waals surface area contributed by atoms with Crippen molar-refractivity contribution in [3.8, 4) is 5.75 Å². The Morgan fingerprint density at radius 1 is 0.950 bits per heavy atom. The molecule has 2 amide bonds. The Kier molecular flexibility index (Phi) is 10.7. The number of benzene rings is 3. The molecule has 3 rings (SSSR count). The van der Waals surface area contributed by atoms with Crippen molar-refractivity contribution in [2.45, 2.75) is 44.7 Å². The van der Waals surface area contributed by atoms with Crippen LogP contribution in [0.15, 0.2) is 83.8 Å². The lowest BCUT2D eigenvalue weighted by Gasteiger charge is -2.33. The Morgan fingerprint density at radius 3 is 2.17 bits per heavy atom. The summed E-state index contributed by atoms with van der Waals surface area (Å²) in [5.41, 5.74) is 0.779. The van der Waals surface area contributed by atoms with Crippen LogP contribution in [-0.4, -0.2) is 51.4 Å². The molecule has 10 heteroatoms. The second-order valence-electron chi connectivity index (χ2n) is 9.71. The summed E-state index contributed by atoms with van der Waals surface area (Å²) >= 11 is 0. The number of nitrogens with zero attached hydrogens (tertiary/aromatic N) is 2. The normalized spacial score (nSPS) is 12.1. The van der Waals surface area contributed by atoms with Crippen LogP contribution in [0.25, 0.3) is 0 Å². The molecular formula is C30H36FN3O5S. The number of nitrogens with one attached hydrogen (secondary N) is 1. The van der Waals surface area contributed by atoms with Gasteiger partial charge in [-0.25, -0.2) is 12.8 Å². The molecule has 0 aliphatic carbocycles. The number of amides is 2.